The summed E-state index contributed by atoms with van der Waals surface area (Å²) in [6, 6.07) is 3.65. The van der Waals surface area contributed by atoms with E-state index in [-0.39, 0.29) is 5.91 Å². The van der Waals surface area contributed by atoms with Crippen LogP contribution in [0.2, 0.25) is 0 Å². The van der Waals surface area contributed by atoms with Crippen molar-refractivity contribution in [2.24, 2.45) is 0 Å². The molecule has 1 aromatic rings. The number of pyridine rings is 1. The number of hydrogen-bond donors (Lipinski definition) is 1. The lowest BCUT2D eigenvalue weighted by atomic mass is 10.2. The predicted octanol–water partition coefficient (Wildman–Crippen LogP) is 1.41. The van der Waals surface area contributed by atoms with Crippen LogP contribution in [0.15, 0.2) is 24.4 Å². The lowest BCUT2D eigenvalue weighted by Gasteiger charge is -2.15. The van der Waals surface area contributed by atoms with Gasteiger partial charge in [0.2, 0.25) is 0 Å². The Kier molecular flexibility index (Phi) is 3.41. The van der Waals surface area contributed by atoms with Crippen LogP contribution in [-0.2, 0) is 4.79 Å². The molecule has 0 aromatic carbocycles. The van der Waals surface area contributed by atoms with Crippen LogP contribution in [0.5, 0.6) is 0 Å². The van der Waals surface area contributed by atoms with E-state index in [1.807, 2.05) is 0 Å². The van der Waals surface area contributed by atoms with Crippen LogP contribution in [0.25, 0.3) is 6.08 Å². The summed E-state index contributed by atoms with van der Waals surface area (Å²) in [5, 5.41) is 8.49. The Balaban J connectivity index is 2.07. The first-order chi connectivity index (χ1) is 8.58. The standard InChI is InChI=1S/C13H14N2O3/c1-15(10-4-5-10)13(18)11-6-2-9(8-14-11)3-7-12(16)17/h2-3,6-8,10H,4-5H2,1H3,(H,16,17)/b7-3+. The Morgan fingerprint density at radius 1 is 1.44 bits per heavy atom. The van der Waals surface area contributed by atoms with Crippen LogP contribution >= 0.6 is 0 Å². The summed E-state index contributed by atoms with van der Waals surface area (Å²) in [4.78, 5) is 28.1. The van der Waals surface area contributed by atoms with Crippen LogP contribution in [-0.4, -0.2) is 40.0 Å². The molecular formula is C13H14N2O3. The molecule has 2 rings (SSSR count). The predicted molar refractivity (Wildman–Crippen MR) is 66.0 cm³/mol. The number of carboxylic acid groups (broad SMARTS) is 1. The van der Waals surface area contributed by atoms with Gasteiger partial charge in [0, 0.05) is 25.4 Å². The van der Waals surface area contributed by atoms with E-state index < -0.39 is 5.97 Å². The molecule has 0 radical (unpaired) electrons. The topological polar surface area (TPSA) is 70.5 Å². The second kappa shape index (κ2) is 5.00. The Morgan fingerprint density at radius 2 is 2.17 bits per heavy atom. The maximum absolute atomic E-state index is 12.0. The van der Waals surface area contributed by atoms with Crippen LogP contribution in [0.3, 0.4) is 0 Å². The van der Waals surface area contributed by atoms with E-state index in [0.29, 0.717) is 17.3 Å². The van der Waals surface area contributed by atoms with Gasteiger partial charge < -0.3 is 10.0 Å². The molecule has 1 aliphatic rings. The number of nitrogens with zero attached hydrogens (tertiary/aromatic N) is 2. The van der Waals surface area contributed by atoms with Gasteiger partial charge in [-0.2, -0.15) is 0 Å². The van der Waals surface area contributed by atoms with Gasteiger partial charge in [0.15, 0.2) is 0 Å². The molecule has 0 atom stereocenters. The molecule has 5 heteroatoms. The van der Waals surface area contributed by atoms with Gasteiger partial charge in [-0.05, 0) is 30.5 Å². The fraction of sp³-hybridized carbons (Fsp3) is 0.308. The van der Waals surface area contributed by atoms with E-state index in [2.05, 4.69) is 4.98 Å². The van der Waals surface area contributed by atoms with E-state index in [1.54, 1.807) is 24.1 Å². The number of hydrogen-bond acceptors (Lipinski definition) is 3. The number of aromatic nitrogens is 1. The minimum Gasteiger partial charge on any atom is -0.478 e. The molecule has 18 heavy (non-hydrogen) atoms. The largest absolute Gasteiger partial charge is 0.478 e. The van der Waals surface area contributed by atoms with Gasteiger partial charge in [-0.25, -0.2) is 4.79 Å². The molecule has 1 N–H and O–H groups in total. The normalized spacial score (nSPS) is 14.7. The van der Waals surface area contributed by atoms with Crippen molar-refractivity contribution in [1.82, 2.24) is 9.88 Å². The molecule has 0 saturated heterocycles. The molecular weight excluding hydrogens is 232 g/mol. The molecule has 1 amide bonds. The first-order valence-corrected chi connectivity index (χ1v) is 5.72. The summed E-state index contributed by atoms with van der Waals surface area (Å²) in [5.74, 6) is -1.10. The Hall–Kier alpha value is -2.17. The van der Waals surface area contributed by atoms with E-state index in [1.165, 1.54) is 12.3 Å². The number of carbonyl (C=O) groups excluding carboxylic acids is 1. The van der Waals surface area contributed by atoms with Crippen molar-refractivity contribution < 1.29 is 14.7 Å². The van der Waals surface area contributed by atoms with E-state index in [0.717, 1.165) is 18.9 Å². The van der Waals surface area contributed by atoms with Crippen molar-refractivity contribution in [3.8, 4) is 0 Å². The second-order valence-corrected chi connectivity index (χ2v) is 4.30. The third-order valence-corrected chi connectivity index (χ3v) is 2.84. The molecule has 94 valence electrons. The highest BCUT2D eigenvalue weighted by molar-refractivity contribution is 5.92. The molecule has 1 aromatic heterocycles. The summed E-state index contributed by atoms with van der Waals surface area (Å²) < 4.78 is 0. The van der Waals surface area contributed by atoms with Gasteiger partial charge >= 0.3 is 5.97 Å². The van der Waals surface area contributed by atoms with Gasteiger partial charge in [-0.1, -0.05) is 6.07 Å². The van der Waals surface area contributed by atoms with Crippen LogP contribution < -0.4 is 0 Å². The Labute approximate surface area is 105 Å². The summed E-state index contributed by atoms with van der Waals surface area (Å²) in [6.07, 6.45) is 6.08. The number of carbonyl (C=O) groups is 2. The lowest BCUT2D eigenvalue weighted by Crippen LogP contribution is -2.29. The zero-order valence-electron chi connectivity index (χ0n) is 10.0. The van der Waals surface area contributed by atoms with E-state index in [9.17, 15) is 9.59 Å². The van der Waals surface area contributed by atoms with E-state index >= 15 is 0 Å². The number of amides is 1. The SMILES string of the molecule is CN(C(=O)c1ccc(/C=C/C(=O)O)cn1)C1CC1. The first kappa shape index (κ1) is 12.3. The fourth-order valence-corrected chi connectivity index (χ4v) is 1.61. The average molecular weight is 246 g/mol. The minimum atomic E-state index is -1.01. The zero-order valence-corrected chi connectivity index (χ0v) is 10.0. The maximum Gasteiger partial charge on any atom is 0.328 e. The number of carboxylic acids is 1. The second-order valence-electron chi connectivity index (χ2n) is 4.30. The Morgan fingerprint density at radius 3 is 2.67 bits per heavy atom. The third-order valence-electron chi connectivity index (χ3n) is 2.84. The van der Waals surface area contributed by atoms with Crippen LogP contribution in [0, 0.1) is 0 Å². The molecule has 0 spiro atoms. The summed E-state index contributed by atoms with van der Waals surface area (Å²) in [7, 11) is 1.78. The number of aliphatic carboxylic acids is 1. The monoisotopic (exact) mass is 246 g/mol. The molecule has 0 unspecified atom stereocenters. The fourth-order valence-electron chi connectivity index (χ4n) is 1.61. The zero-order chi connectivity index (χ0) is 13.1. The molecule has 1 heterocycles. The van der Waals surface area contributed by atoms with Gasteiger partial charge in [0.25, 0.3) is 5.91 Å². The third kappa shape index (κ3) is 2.94. The molecule has 1 saturated carbocycles. The summed E-state index contributed by atoms with van der Waals surface area (Å²) in [5.41, 5.74) is 1.04. The smallest absolute Gasteiger partial charge is 0.328 e. The molecule has 1 fully saturated rings. The number of rotatable bonds is 4. The van der Waals surface area contributed by atoms with Crippen molar-refractivity contribution in [2.45, 2.75) is 18.9 Å². The first-order valence-electron chi connectivity index (χ1n) is 5.72. The quantitative estimate of drug-likeness (QED) is 0.815. The minimum absolute atomic E-state index is 0.0914. The molecule has 5 nitrogen and oxygen atoms in total. The van der Waals surface area contributed by atoms with Crippen molar-refractivity contribution >= 4 is 18.0 Å². The van der Waals surface area contributed by atoms with E-state index in [4.69, 9.17) is 5.11 Å². The van der Waals surface area contributed by atoms with Gasteiger partial charge in [0.05, 0.1) is 0 Å². The van der Waals surface area contributed by atoms with Crippen molar-refractivity contribution in [3.05, 3.63) is 35.7 Å². The molecule has 0 aliphatic heterocycles. The lowest BCUT2D eigenvalue weighted by molar-refractivity contribution is -0.131. The van der Waals surface area contributed by atoms with Gasteiger partial charge in [-0.15, -0.1) is 0 Å². The summed E-state index contributed by atoms with van der Waals surface area (Å²) in [6.45, 7) is 0. The molecule has 0 bridgehead atoms. The van der Waals surface area contributed by atoms with Crippen molar-refractivity contribution in [3.63, 3.8) is 0 Å². The van der Waals surface area contributed by atoms with Gasteiger partial charge in [0.1, 0.15) is 5.69 Å². The maximum atomic E-state index is 12.0. The van der Waals surface area contributed by atoms with Crippen LogP contribution in [0.4, 0.5) is 0 Å². The summed E-state index contributed by atoms with van der Waals surface area (Å²) >= 11 is 0. The Bertz CT molecular complexity index is 489. The molecule has 1 aliphatic carbocycles. The van der Waals surface area contributed by atoms with Gasteiger partial charge in [-0.3, -0.25) is 9.78 Å². The average Bonchev–Trinajstić information content (AvgIpc) is 3.19. The van der Waals surface area contributed by atoms with Crippen molar-refractivity contribution in [2.75, 3.05) is 7.05 Å². The van der Waals surface area contributed by atoms with Crippen LogP contribution in [0.1, 0.15) is 28.9 Å². The highest BCUT2D eigenvalue weighted by Gasteiger charge is 2.30. The highest BCUT2D eigenvalue weighted by Crippen LogP contribution is 2.26. The van der Waals surface area contributed by atoms with Crippen molar-refractivity contribution in [1.29, 1.82) is 0 Å². The highest BCUT2D eigenvalue weighted by atomic mass is 16.4.